The molecule has 3 N–H and O–H groups in total. The molecule has 1 atom stereocenters. The first-order valence-electron chi connectivity index (χ1n) is 5.51. The van der Waals surface area contributed by atoms with Crippen LogP contribution < -0.4 is 10.6 Å². The van der Waals surface area contributed by atoms with Crippen molar-refractivity contribution in [3.05, 3.63) is 24.3 Å². The van der Waals surface area contributed by atoms with Crippen LogP contribution in [0.1, 0.15) is 6.42 Å². The minimum Gasteiger partial charge on any atom is -0.508 e. The lowest BCUT2D eigenvalue weighted by atomic mass is 10.3. The number of hydrogen-bond donors (Lipinski definition) is 3. The van der Waals surface area contributed by atoms with Crippen molar-refractivity contribution in [2.75, 3.05) is 16.8 Å². The largest absolute Gasteiger partial charge is 0.508 e. The summed E-state index contributed by atoms with van der Waals surface area (Å²) in [4.78, 5) is 11.6. The Morgan fingerprint density at radius 1 is 1.28 bits per heavy atom. The summed E-state index contributed by atoms with van der Waals surface area (Å²) in [6, 6.07) is 5.25. The molecule has 18 heavy (non-hydrogen) atoms. The van der Waals surface area contributed by atoms with E-state index in [1.165, 1.54) is 12.1 Å². The molecule has 0 radical (unpaired) electrons. The van der Waals surface area contributed by atoms with Crippen LogP contribution in [-0.4, -0.2) is 37.1 Å². The van der Waals surface area contributed by atoms with Gasteiger partial charge in [-0.05, 0) is 30.7 Å². The highest BCUT2D eigenvalue weighted by Gasteiger charge is 2.28. The van der Waals surface area contributed by atoms with Gasteiger partial charge in [-0.15, -0.1) is 0 Å². The van der Waals surface area contributed by atoms with Crippen LogP contribution in [0.5, 0.6) is 5.75 Å². The molecule has 98 valence electrons. The Bertz CT molecular complexity index is 539. The van der Waals surface area contributed by atoms with Crippen molar-refractivity contribution in [3.63, 3.8) is 0 Å². The van der Waals surface area contributed by atoms with E-state index >= 15 is 0 Å². The molecule has 7 heteroatoms. The lowest BCUT2D eigenvalue weighted by Crippen LogP contribution is -2.38. The molecule has 1 unspecified atom stereocenters. The fraction of sp³-hybridized carbons (Fsp3) is 0.364. The van der Waals surface area contributed by atoms with E-state index in [2.05, 4.69) is 10.6 Å². The average Bonchev–Trinajstić information content (AvgIpc) is 2.61. The van der Waals surface area contributed by atoms with E-state index in [9.17, 15) is 13.2 Å². The molecule has 1 fully saturated rings. The van der Waals surface area contributed by atoms with E-state index in [1.807, 2.05) is 0 Å². The van der Waals surface area contributed by atoms with Gasteiger partial charge in [0.2, 0.25) is 0 Å². The Morgan fingerprint density at radius 3 is 2.50 bits per heavy atom. The van der Waals surface area contributed by atoms with Crippen LogP contribution in [-0.2, 0) is 9.84 Å². The van der Waals surface area contributed by atoms with Crippen molar-refractivity contribution in [1.82, 2.24) is 5.32 Å². The molecule has 1 aromatic rings. The zero-order valence-electron chi connectivity index (χ0n) is 9.59. The summed E-state index contributed by atoms with van der Waals surface area (Å²) in [7, 11) is -3.00. The van der Waals surface area contributed by atoms with Gasteiger partial charge in [0.1, 0.15) is 5.75 Å². The first-order valence-corrected chi connectivity index (χ1v) is 7.34. The number of amides is 2. The van der Waals surface area contributed by atoms with E-state index in [-0.39, 0.29) is 23.3 Å². The Morgan fingerprint density at radius 2 is 1.94 bits per heavy atom. The molecule has 1 aliphatic heterocycles. The van der Waals surface area contributed by atoms with Crippen LogP contribution in [0.15, 0.2) is 24.3 Å². The zero-order chi connectivity index (χ0) is 13.2. The van der Waals surface area contributed by atoms with Gasteiger partial charge >= 0.3 is 6.03 Å². The second-order valence-corrected chi connectivity index (χ2v) is 6.47. The van der Waals surface area contributed by atoms with Crippen molar-refractivity contribution >= 4 is 21.6 Å². The summed E-state index contributed by atoms with van der Waals surface area (Å²) in [5, 5.41) is 14.3. The number of carbonyl (C=O) groups excluding carboxylic acids is 1. The average molecular weight is 270 g/mol. The Balaban J connectivity index is 1.88. The van der Waals surface area contributed by atoms with Gasteiger partial charge in [-0.3, -0.25) is 0 Å². The lowest BCUT2D eigenvalue weighted by molar-refractivity contribution is 0.249. The number of hydrogen-bond acceptors (Lipinski definition) is 4. The van der Waals surface area contributed by atoms with Crippen LogP contribution >= 0.6 is 0 Å². The SMILES string of the molecule is O=C(Nc1ccc(O)cc1)NC1CCS(=O)(=O)C1. The summed E-state index contributed by atoms with van der Waals surface area (Å²) in [6.07, 6.45) is 0.450. The number of phenols is 1. The Hall–Kier alpha value is -1.76. The Labute approximate surface area is 105 Å². The topological polar surface area (TPSA) is 95.5 Å². The molecule has 2 rings (SSSR count). The zero-order valence-corrected chi connectivity index (χ0v) is 10.4. The molecule has 0 aliphatic carbocycles. The number of nitrogens with one attached hydrogen (secondary N) is 2. The van der Waals surface area contributed by atoms with Gasteiger partial charge in [0.25, 0.3) is 0 Å². The number of urea groups is 1. The summed E-state index contributed by atoms with van der Waals surface area (Å²) in [5.41, 5.74) is 0.533. The predicted octanol–water partition coefficient (Wildman–Crippen LogP) is 0.701. The normalized spacial score (nSPS) is 21.4. The van der Waals surface area contributed by atoms with Crippen LogP contribution in [0.2, 0.25) is 0 Å². The number of benzene rings is 1. The summed E-state index contributed by atoms with van der Waals surface area (Å²) in [5.74, 6) is 0.232. The minimum atomic E-state index is -3.00. The molecule has 0 bridgehead atoms. The molecule has 0 spiro atoms. The first kappa shape index (κ1) is 12.7. The van der Waals surface area contributed by atoms with Crippen LogP contribution in [0.4, 0.5) is 10.5 Å². The highest BCUT2D eigenvalue weighted by Crippen LogP contribution is 2.14. The maximum absolute atomic E-state index is 11.6. The van der Waals surface area contributed by atoms with Gasteiger partial charge in [0.05, 0.1) is 11.5 Å². The highest BCUT2D eigenvalue weighted by molar-refractivity contribution is 7.91. The van der Waals surface area contributed by atoms with E-state index in [4.69, 9.17) is 5.11 Å². The van der Waals surface area contributed by atoms with Crippen molar-refractivity contribution in [3.8, 4) is 5.75 Å². The first-order chi connectivity index (χ1) is 8.44. The number of phenolic OH excluding ortho intramolecular Hbond substituents is 1. The van der Waals surface area contributed by atoms with Crippen molar-refractivity contribution < 1.29 is 18.3 Å². The van der Waals surface area contributed by atoms with Gasteiger partial charge in [0, 0.05) is 11.7 Å². The van der Waals surface area contributed by atoms with Crippen molar-refractivity contribution in [2.24, 2.45) is 0 Å². The van der Waals surface area contributed by atoms with Crippen LogP contribution in [0.25, 0.3) is 0 Å². The van der Waals surface area contributed by atoms with Gasteiger partial charge in [-0.2, -0.15) is 0 Å². The maximum atomic E-state index is 11.6. The Kier molecular flexibility index (Phi) is 3.42. The molecule has 0 saturated carbocycles. The third-order valence-corrected chi connectivity index (χ3v) is 4.46. The minimum absolute atomic E-state index is 0.00397. The molecule has 1 saturated heterocycles. The fourth-order valence-electron chi connectivity index (χ4n) is 1.81. The van der Waals surface area contributed by atoms with Crippen LogP contribution in [0, 0.1) is 0 Å². The van der Waals surface area contributed by atoms with Gasteiger partial charge < -0.3 is 15.7 Å². The third-order valence-electron chi connectivity index (χ3n) is 2.69. The van der Waals surface area contributed by atoms with E-state index in [0.717, 1.165) is 0 Å². The smallest absolute Gasteiger partial charge is 0.319 e. The van der Waals surface area contributed by atoms with Crippen molar-refractivity contribution in [1.29, 1.82) is 0 Å². The molecule has 6 nitrogen and oxygen atoms in total. The van der Waals surface area contributed by atoms with Crippen molar-refractivity contribution in [2.45, 2.75) is 12.5 Å². The molecular formula is C11H14N2O4S. The summed E-state index contributed by atoms with van der Waals surface area (Å²) in [6.45, 7) is 0. The van der Waals surface area contributed by atoms with E-state index < -0.39 is 15.9 Å². The van der Waals surface area contributed by atoms with Crippen LogP contribution in [0.3, 0.4) is 0 Å². The molecule has 1 aromatic carbocycles. The number of carbonyl (C=O) groups is 1. The highest BCUT2D eigenvalue weighted by atomic mass is 32.2. The number of anilines is 1. The monoisotopic (exact) mass is 270 g/mol. The lowest BCUT2D eigenvalue weighted by Gasteiger charge is -2.11. The molecule has 2 amide bonds. The molecular weight excluding hydrogens is 256 g/mol. The second-order valence-electron chi connectivity index (χ2n) is 4.25. The quantitative estimate of drug-likeness (QED) is 0.689. The summed E-state index contributed by atoms with van der Waals surface area (Å²) < 4.78 is 22.4. The summed E-state index contributed by atoms with van der Waals surface area (Å²) >= 11 is 0. The third kappa shape index (κ3) is 3.36. The maximum Gasteiger partial charge on any atom is 0.319 e. The fourth-order valence-corrected chi connectivity index (χ4v) is 3.48. The van der Waals surface area contributed by atoms with Gasteiger partial charge in [-0.25, -0.2) is 13.2 Å². The van der Waals surface area contributed by atoms with Gasteiger partial charge in [-0.1, -0.05) is 0 Å². The predicted molar refractivity (Wildman–Crippen MR) is 67.3 cm³/mol. The molecule has 0 aromatic heterocycles. The molecule has 1 heterocycles. The number of aromatic hydroxyl groups is 1. The van der Waals surface area contributed by atoms with Gasteiger partial charge in [0.15, 0.2) is 9.84 Å². The standard InChI is InChI=1S/C11H14N2O4S/c14-10-3-1-8(2-4-10)12-11(15)13-9-5-6-18(16,17)7-9/h1-4,9,14H,5-7H2,(H2,12,13,15). The molecule has 1 aliphatic rings. The number of sulfone groups is 1. The van der Waals surface area contributed by atoms with E-state index in [0.29, 0.717) is 12.1 Å². The van der Waals surface area contributed by atoms with E-state index in [1.54, 1.807) is 12.1 Å². The second kappa shape index (κ2) is 4.85. The number of rotatable bonds is 2.